The van der Waals surface area contributed by atoms with Crippen LogP contribution in [0.3, 0.4) is 0 Å². The quantitative estimate of drug-likeness (QED) is 0.705. The molecule has 3 aromatic rings. The zero-order valence-corrected chi connectivity index (χ0v) is 15.1. The Hall–Kier alpha value is -2.79. The van der Waals surface area contributed by atoms with Gasteiger partial charge in [0.2, 0.25) is 4.87 Å². The molecule has 130 valence electrons. The first kappa shape index (κ1) is 16.7. The number of hydrogen-bond donors (Lipinski definition) is 1. The maximum atomic E-state index is 12.8. The van der Waals surface area contributed by atoms with Crippen molar-refractivity contribution in [3.05, 3.63) is 83.9 Å². The van der Waals surface area contributed by atoms with E-state index in [1.165, 1.54) is 11.8 Å². The molecule has 0 aliphatic carbocycles. The second-order valence-corrected chi connectivity index (χ2v) is 7.13. The van der Waals surface area contributed by atoms with Gasteiger partial charge in [-0.05, 0) is 17.7 Å². The van der Waals surface area contributed by atoms with Crippen molar-refractivity contribution in [1.29, 1.82) is 0 Å². The Morgan fingerprint density at radius 1 is 1.04 bits per heavy atom. The number of carbonyl (C=O) groups excluding carboxylic acids is 1. The van der Waals surface area contributed by atoms with E-state index in [2.05, 4.69) is 28.7 Å². The SMILES string of the molecule is CCOC(=O)[C@@]1(c2ccccc2)NN=C(c2cccc3ccccc23)S1. The van der Waals surface area contributed by atoms with Gasteiger partial charge in [-0.15, -0.1) is 0 Å². The Kier molecular flexibility index (Phi) is 4.39. The predicted molar refractivity (Wildman–Crippen MR) is 106 cm³/mol. The molecule has 1 atom stereocenters. The summed E-state index contributed by atoms with van der Waals surface area (Å²) in [6.45, 7) is 2.13. The molecule has 0 radical (unpaired) electrons. The summed E-state index contributed by atoms with van der Waals surface area (Å²) >= 11 is 1.39. The number of fused-ring (bicyclic) bond motifs is 1. The third-order valence-electron chi connectivity index (χ3n) is 4.33. The summed E-state index contributed by atoms with van der Waals surface area (Å²) in [7, 11) is 0. The average Bonchev–Trinajstić information content (AvgIpc) is 3.15. The Balaban J connectivity index is 1.77. The monoisotopic (exact) mass is 362 g/mol. The first-order valence-corrected chi connectivity index (χ1v) is 9.31. The number of carbonyl (C=O) groups is 1. The fraction of sp³-hybridized carbons (Fsp3) is 0.143. The molecule has 0 fully saturated rings. The summed E-state index contributed by atoms with van der Waals surface area (Å²) in [5.41, 5.74) is 4.88. The molecular formula is C21H18N2O2S. The third kappa shape index (κ3) is 2.74. The Morgan fingerprint density at radius 3 is 2.58 bits per heavy atom. The highest BCUT2D eigenvalue weighted by Crippen LogP contribution is 2.42. The van der Waals surface area contributed by atoms with Crippen molar-refractivity contribution in [2.75, 3.05) is 6.61 Å². The highest BCUT2D eigenvalue weighted by atomic mass is 32.2. The number of nitrogens with one attached hydrogen (secondary N) is 1. The van der Waals surface area contributed by atoms with E-state index in [1.807, 2.05) is 61.5 Å². The van der Waals surface area contributed by atoms with Gasteiger partial charge >= 0.3 is 5.97 Å². The molecule has 4 nitrogen and oxygen atoms in total. The normalized spacial score (nSPS) is 19.0. The van der Waals surface area contributed by atoms with Crippen LogP contribution in [0.2, 0.25) is 0 Å². The standard InChI is InChI=1S/C21H18N2O2S/c1-2-25-20(24)21(16-11-4-3-5-12-16)23-22-19(26-21)18-14-8-10-15-9-6-7-13-17(15)18/h3-14,23H,2H2,1H3/t21-/m0/s1. The molecule has 0 amide bonds. The summed E-state index contributed by atoms with van der Waals surface area (Å²) in [4.78, 5) is 11.8. The smallest absolute Gasteiger partial charge is 0.349 e. The number of rotatable bonds is 4. The number of benzene rings is 3. The molecule has 0 aromatic heterocycles. The zero-order valence-electron chi connectivity index (χ0n) is 14.3. The molecule has 26 heavy (non-hydrogen) atoms. The minimum atomic E-state index is -1.07. The largest absolute Gasteiger partial charge is 0.463 e. The predicted octanol–water partition coefficient (Wildman–Crippen LogP) is 4.25. The van der Waals surface area contributed by atoms with Crippen LogP contribution in [-0.2, 0) is 14.4 Å². The van der Waals surface area contributed by atoms with Crippen molar-refractivity contribution >= 4 is 33.5 Å². The molecule has 0 bridgehead atoms. The highest BCUT2D eigenvalue weighted by molar-refractivity contribution is 8.16. The van der Waals surface area contributed by atoms with E-state index in [-0.39, 0.29) is 5.97 Å². The van der Waals surface area contributed by atoms with Gasteiger partial charge < -0.3 is 4.74 Å². The van der Waals surface area contributed by atoms with E-state index in [0.717, 1.165) is 26.9 Å². The minimum absolute atomic E-state index is 0.319. The third-order valence-corrected chi connectivity index (χ3v) is 5.63. The van der Waals surface area contributed by atoms with E-state index in [0.29, 0.717) is 6.61 Å². The lowest BCUT2D eigenvalue weighted by molar-refractivity contribution is -0.147. The topological polar surface area (TPSA) is 50.7 Å². The van der Waals surface area contributed by atoms with Crippen LogP contribution < -0.4 is 5.43 Å². The Bertz CT molecular complexity index is 982. The van der Waals surface area contributed by atoms with E-state index < -0.39 is 4.87 Å². The molecule has 0 saturated carbocycles. The highest BCUT2D eigenvalue weighted by Gasteiger charge is 2.48. The van der Waals surface area contributed by atoms with E-state index in [1.54, 1.807) is 0 Å². The van der Waals surface area contributed by atoms with Crippen molar-refractivity contribution in [1.82, 2.24) is 5.43 Å². The molecule has 1 N–H and O–H groups in total. The van der Waals surface area contributed by atoms with Crippen LogP contribution in [0, 0.1) is 0 Å². The number of hydrogen-bond acceptors (Lipinski definition) is 5. The molecular weight excluding hydrogens is 344 g/mol. The summed E-state index contributed by atoms with van der Waals surface area (Å²) in [6.07, 6.45) is 0. The molecule has 1 aliphatic rings. The van der Waals surface area contributed by atoms with E-state index in [9.17, 15) is 4.79 Å². The summed E-state index contributed by atoms with van der Waals surface area (Å²) < 4.78 is 5.36. The number of thioether (sulfide) groups is 1. The van der Waals surface area contributed by atoms with Crippen LogP contribution in [0.4, 0.5) is 0 Å². The number of nitrogens with zero attached hydrogens (tertiary/aromatic N) is 1. The number of ether oxygens (including phenoxy) is 1. The van der Waals surface area contributed by atoms with Crippen molar-refractivity contribution in [3.8, 4) is 0 Å². The first-order chi connectivity index (χ1) is 12.7. The van der Waals surface area contributed by atoms with Gasteiger partial charge in [-0.1, -0.05) is 84.6 Å². The number of hydrazone groups is 1. The van der Waals surface area contributed by atoms with Gasteiger partial charge in [0, 0.05) is 11.1 Å². The molecule has 0 spiro atoms. The van der Waals surface area contributed by atoms with Crippen LogP contribution in [-0.4, -0.2) is 17.6 Å². The second-order valence-electron chi connectivity index (χ2n) is 5.93. The van der Waals surface area contributed by atoms with Crippen molar-refractivity contribution in [3.63, 3.8) is 0 Å². The Morgan fingerprint density at radius 2 is 1.77 bits per heavy atom. The van der Waals surface area contributed by atoms with Gasteiger partial charge in [0.15, 0.2) is 0 Å². The molecule has 5 heteroatoms. The summed E-state index contributed by atoms with van der Waals surface area (Å²) in [5, 5.41) is 7.54. The van der Waals surface area contributed by atoms with Crippen LogP contribution in [0.1, 0.15) is 18.1 Å². The minimum Gasteiger partial charge on any atom is -0.463 e. The van der Waals surface area contributed by atoms with Crippen molar-refractivity contribution in [2.45, 2.75) is 11.8 Å². The van der Waals surface area contributed by atoms with Crippen molar-refractivity contribution in [2.24, 2.45) is 5.10 Å². The van der Waals surface area contributed by atoms with Gasteiger partial charge in [-0.2, -0.15) is 5.10 Å². The molecule has 4 rings (SSSR count). The van der Waals surface area contributed by atoms with Gasteiger partial charge in [-0.25, -0.2) is 4.79 Å². The van der Waals surface area contributed by atoms with E-state index >= 15 is 0 Å². The lowest BCUT2D eigenvalue weighted by Gasteiger charge is -2.25. The average molecular weight is 362 g/mol. The van der Waals surface area contributed by atoms with Crippen LogP contribution in [0.25, 0.3) is 10.8 Å². The molecule has 0 saturated heterocycles. The second kappa shape index (κ2) is 6.84. The molecule has 0 unspecified atom stereocenters. The van der Waals surface area contributed by atoms with Crippen molar-refractivity contribution < 1.29 is 9.53 Å². The maximum absolute atomic E-state index is 12.8. The zero-order chi connectivity index (χ0) is 18.0. The lowest BCUT2D eigenvalue weighted by Crippen LogP contribution is -2.42. The van der Waals surface area contributed by atoms with Gasteiger partial charge in [0.1, 0.15) is 5.04 Å². The molecule has 3 aromatic carbocycles. The maximum Gasteiger partial charge on any atom is 0.349 e. The fourth-order valence-electron chi connectivity index (χ4n) is 3.08. The van der Waals surface area contributed by atoms with Gasteiger partial charge in [0.25, 0.3) is 0 Å². The summed E-state index contributed by atoms with van der Waals surface area (Å²) in [6, 6.07) is 23.9. The molecule has 1 heterocycles. The number of esters is 1. The summed E-state index contributed by atoms with van der Waals surface area (Å²) in [5.74, 6) is -0.338. The first-order valence-electron chi connectivity index (χ1n) is 8.49. The van der Waals surface area contributed by atoms with Gasteiger partial charge in [0.05, 0.1) is 6.61 Å². The van der Waals surface area contributed by atoms with Gasteiger partial charge in [-0.3, -0.25) is 5.43 Å². The molecule has 1 aliphatic heterocycles. The van der Waals surface area contributed by atoms with E-state index in [4.69, 9.17) is 4.74 Å². The van der Waals surface area contributed by atoms with Crippen LogP contribution >= 0.6 is 11.8 Å². The Labute approximate surface area is 156 Å². The van der Waals surface area contributed by atoms with Crippen LogP contribution in [0.5, 0.6) is 0 Å². The fourth-order valence-corrected chi connectivity index (χ4v) is 4.24. The lowest BCUT2D eigenvalue weighted by atomic mass is 10.1. The van der Waals surface area contributed by atoms with Crippen LogP contribution in [0.15, 0.2) is 77.9 Å².